The molecular weight excluding hydrogens is 498 g/mol. The molecule has 1 aliphatic heterocycles. The number of aromatic hydroxyl groups is 1. The molecule has 1 fully saturated rings. The van der Waals surface area contributed by atoms with E-state index in [4.69, 9.17) is 0 Å². The Morgan fingerprint density at radius 3 is 2.19 bits per heavy atom. The molecule has 3 rings (SSSR count). The van der Waals surface area contributed by atoms with Crippen molar-refractivity contribution in [1.82, 2.24) is 4.31 Å². The van der Waals surface area contributed by atoms with Crippen LogP contribution in [0.15, 0.2) is 60.5 Å². The van der Waals surface area contributed by atoms with Gasteiger partial charge in [-0.3, -0.25) is 0 Å². The molecular formula is C18H19Br2N3O3S. The molecule has 0 spiro atoms. The largest absolute Gasteiger partial charge is 0.505 e. The molecule has 0 saturated carbocycles. The van der Waals surface area contributed by atoms with Crippen molar-refractivity contribution in [3.05, 3.63) is 45.3 Å². The van der Waals surface area contributed by atoms with Crippen molar-refractivity contribution in [3.8, 4) is 5.75 Å². The SMILES string of the molecule is O=S(=O)(c1ccc(N=Nc2cc(Br)cc(Br)c2O)cc1)N1CCCCCC1. The van der Waals surface area contributed by atoms with E-state index in [0.29, 0.717) is 28.9 Å². The van der Waals surface area contributed by atoms with Crippen LogP contribution in [0.5, 0.6) is 5.75 Å². The minimum absolute atomic E-state index is 0.0117. The van der Waals surface area contributed by atoms with Crippen LogP contribution in [0.4, 0.5) is 11.4 Å². The maximum atomic E-state index is 12.8. The predicted molar refractivity (Wildman–Crippen MR) is 111 cm³/mol. The Morgan fingerprint density at radius 2 is 1.56 bits per heavy atom. The molecule has 1 saturated heterocycles. The van der Waals surface area contributed by atoms with E-state index < -0.39 is 10.0 Å². The summed E-state index contributed by atoms with van der Waals surface area (Å²) in [6, 6.07) is 9.66. The van der Waals surface area contributed by atoms with Gasteiger partial charge < -0.3 is 5.11 Å². The minimum Gasteiger partial charge on any atom is -0.505 e. The number of phenols is 1. The summed E-state index contributed by atoms with van der Waals surface area (Å²) in [5.41, 5.74) is 0.804. The van der Waals surface area contributed by atoms with Crippen LogP contribution in [0, 0.1) is 0 Å². The fourth-order valence-corrected chi connectivity index (χ4v) is 5.58. The molecule has 1 heterocycles. The first-order chi connectivity index (χ1) is 12.9. The number of hydrogen-bond donors (Lipinski definition) is 1. The quantitative estimate of drug-likeness (QED) is 0.513. The molecule has 0 bridgehead atoms. The van der Waals surface area contributed by atoms with Gasteiger partial charge in [0.05, 0.1) is 15.1 Å². The summed E-state index contributed by atoms with van der Waals surface area (Å²) in [4.78, 5) is 0.261. The summed E-state index contributed by atoms with van der Waals surface area (Å²) in [5, 5.41) is 18.1. The van der Waals surface area contributed by atoms with Crippen molar-refractivity contribution >= 4 is 53.3 Å². The van der Waals surface area contributed by atoms with Crippen LogP contribution in [-0.2, 0) is 10.0 Å². The number of benzene rings is 2. The zero-order valence-corrected chi connectivity index (χ0v) is 18.5. The zero-order chi connectivity index (χ0) is 19.4. The lowest BCUT2D eigenvalue weighted by atomic mass is 10.2. The topological polar surface area (TPSA) is 82.3 Å². The van der Waals surface area contributed by atoms with Gasteiger partial charge in [-0.25, -0.2) is 8.42 Å². The Labute approximate surface area is 175 Å². The van der Waals surface area contributed by atoms with Crippen LogP contribution < -0.4 is 0 Å². The second-order valence-electron chi connectivity index (χ2n) is 6.27. The lowest BCUT2D eigenvalue weighted by Crippen LogP contribution is -2.31. The molecule has 144 valence electrons. The highest BCUT2D eigenvalue weighted by Gasteiger charge is 2.24. The molecule has 0 amide bonds. The lowest BCUT2D eigenvalue weighted by molar-refractivity contribution is 0.424. The van der Waals surface area contributed by atoms with E-state index >= 15 is 0 Å². The van der Waals surface area contributed by atoms with Crippen molar-refractivity contribution in [3.63, 3.8) is 0 Å². The zero-order valence-electron chi connectivity index (χ0n) is 14.5. The Morgan fingerprint density at radius 1 is 0.926 bits per heavy atom. The van der Waals surface area contributed by atoms with Gasteiger partial charge in [0.2, 0.25) is 10.0 Å². The summed E-state index contributed by atoms with van der Waals surface area (Å²) >= 11 is 6.58. The second kappa shape index (κ2) is 8.81. The fraction of sp³-hybridized carbons (Fsp3) is 0.333. The third-order valence-electron chi connectivity index (χ3n) is 4.32. The maximum absolute atomic E-state index is 12.8. The summed E-state index contributed by atoms with van der Waals surface area (Å²) < 4.78 is 28.4. The molecule has 0 unspecified atom stereocenters. The van der Waals surface area contributed by atoms with Crippen LogP contribution >= 0.6 is 31.9 Å². The molecule has 2 aromatic carbocycles. The fourth-order valence-electron chi connectivity index (χ4n) is 2.86. The van der Waals surface area contributed by atoms with Gasteiger partial charge in [0, 0.05) is 17.6 Å². The van der Waals surface area contributed by atoms with E-state index in [9.17, 15) is 13.5 Å². The molecule has 0 atom stereocenters. The first-order valence-corrected chi connectivity index (χ1v) is 11.6. The van der Waals surface area contributed by atoms with Crippen LogP contribution in [0.1, 0.15) is 25.7 Å². The van der Waals surface area contributed by atoms with Crippen LogP contribution in [-0.4, -0.2) is 30.9 Å². The first kappa shape index (κ1) is 20.4. The molecule has 27 heavy (non-hydrogen) atoms. The highest BCUT2D eigenvalue weighted by Crippen LogP contribution is 2.38. The summed E-state index contributed by atoms with van der Waals surface area (Å²) in [6.07, 6.45) is 3.95. The van der Waals surface area contributed by atoms with Gasteiger partial charge >= 0.3 is 0 Å². The number of rotatable bonds is 4. The second-order valence-corrected chi connectivity index (χ2v) is 9.98. The highest BCUT2D eigenvalue weighted by atomic mass is 79.9. The van der Waals surface area contributed by atoms with E-state index in [0.717, 1.165) is 30.2 Å². The number of halogens is 2. The maximum Gasteiger partial charge on any atom is 0.243 e. The Kier molecular flexibility index (Phi) is 6.67. The smallest absolute Gasteiger partial charge is 0.243 e. The monoisotopic (exact) mass is 515 g/mol. The number of sulfonamides is 1. The van der Waals surface area contributed by atoms with Crippen LogP contribution in [0.3, 0.4) is 0 Å². The number of nitrogens with zero attached hydrogens (tertiary/aromatic N) is 3. The molecule has 2 aromatic rings. The van der Waals surface area contributed by atoms with Gasteiger partial charge in [-0.05, 0) is 65.2 Å². The average molecular weight is 517 g/mol. The molecule has 9 heteroatoms. The molecule has 0 aliphatic carbocycles. The van der Waals surface area contributed by atoms with Gasteiger partial charge in [-0.15, -0.1) is 5.11 Å². The number of azo groups is 1. The van der Waals surface area contributed by atoms with E-state index in [-0.39, 0.29) is 10.6 Å². The molecule has 1 N–H and O–H groups in total. The summed E-state index contributed by atoms with van der Waals surface area (Å²) in [5.74, 6) is -0.0117. The standard InChI is InChI=1S/C18H19Br2N3O3S/c19-13-11-16(20)18(24)17(12-13)22-21-14-5-7-15(8-6-14)27(25,26)23-9-3-1-2-4-10-23/h5-8,11-12,24H,1-4,9-10H2. The van der Waals surface area contributed by atoms with Crippen molar-refractivity contribution in [2.24, 2.45) is 10.2 Å². The molecule has 6 nitrogen and oxygen atoms in total. The molecule has 0 aromatic heterocycles. The van der Waals surface area contributed by atoms with Crippen molar-refractivity contribution in [1.29, 1.82) is 0 Å². The van der Waals surface area contributed by atoms with E-state index in [1.54, 1.807) is 40.7 Å². The Hall–Kier alpha value is -1.29. The van der Waals surface area contributed by atoms with Gasteiger partial charge in [-0.2, -0.15) is 9.42 Å². The van der Waals surface area contributed by atoms with Crippen LogP contribution in [0.25, 0.3) is 0 Å². The van der Waals surface area contributed by atoms with Crippen molar-refractivity contribution in [2.75, 3.05) is 13.1 Å². The lowest BCUT2D eigenvalue weighted by Gasteiger charge is -2.19. The third-order valence-corrected chi connectivity index (χ3v) is 7.30. The number of hydrogen-bond acceptors (Lipinski definition) is 5. The van der Waals surface area contributed by atoms with E-state index in [1.165, 1.54) is 0 Å². The van der Waals surface area contributed by atoms with Gasteiger partial charge in [0.25, 0.3) is 0 Å². The Balaban J connectivity index is 1.79. The molecule has 0 radical (unpaired) electrons. The van der Waals surface area contributed by atoms with E-state index in [2.05, 4.69) is 42.1 Å². The highest BCUT2D eigenvalue weighted by molar-refractivity contribution is 9.11. The molecule has 1 aliphatic rings. The van der Waals surface area contributed by atoms with Gasteiger partial charge in [0.15, 0.2) is 5.75 Å². The average Bonchev–Trinajstić information content (AvgIpc) is 2.94. The Bertz CT molecular complexity index is 939. The summed E-state index contributed by atoms with van der Waals surface area (Å²) in [7, 11) is -3.48. The van der Waals surface area contributed by atoms with E-state index in [1.807, 2.05) is 0 Å². The minimum atomic E-state index is -3.48. The van der Waals surface area contributed by atoms with Gasteiger partial charge in [-0.1, -0.05) is 28.8 Å². The van der Waals surface area contributed by atoms with Crippen molar-refractivity contribution < 1.29 is 13.5 Å². The van der Waals surface area contributed by atoms with Crippen molar-refractivity contribution in [2.45, 2.75) is 30.6 Å². The van der Waals surface area contributed by atoms with Gasteiger partial charge in [0.1, 0.15) is 5.69 Å². The van der Waals surface area contributed by atoms with Crippen LogP contribution in [0.2, 0.25) is 0 Å². The number of phenolic OH excluding ortho intramolecular Hbond substituents is 1. The predicted octanol–water partition coefficient (Wildman–Crippen LogP) is 5.90. The third kappa shape index (κ3) is 4.96. The normalized spacial score (nSPS) is 16.5. The first-order valence-electron chi connectivity index (χ1n) is 8.58. The summed E-state index contributed by atoms with van der Waals surface area (Å²) in [6.45, 7) is 1.14.